The maximum Gasteiger partial charge on any atom is 0.224 e. The normalized spacial score (nSPS) is 10.2. The number of hydrogen-bond donors (Lipinski definition) is 2. The molecule has 0 unspecified atom stereocenters. The molecule has 0 saturated heterocycles. The number of rotatable bonds is 1. The zero-order valence-corrected chi connectivity index (χ0v) is 8.88. The van der Waals surface area contributed by atoms with Gasteiger partial charge in [0, 0.05) is 5.69 Å². The molecule has 0 fully saturated rings. The molecule has 3 N–H and O–H groups in total. The molecule has 2 rings (SSSR count). The highest BCUT2D eigenvalue weighted by Crippen LogP contribution is 2.11. The third kappa shape index (κ3) is 2.16. The summed E-state index contributed by atoms with van der Waals surface area (Å²) in [5.74, 6) is 0.782. The van der Waals surface area contributed by atoms with E-state index in [4.69, 9.17) is 18.0 Å². The molecule has 0 aliphatic carbocycles. The first-order chi connectivity index (χ1) is 7.15. The van der Waals surface area contributed by atoms with Crippen LogP contribution < -0.4 is 5.73 Å². The minimum absolute atomic E-state index is 0.213. The largest absolute Gasteiger partial charge is 0.369 e. The SMILES string of the molecule is Cc1cccc(-c2nc(=S)nc(N)[nH]2)n1. The summed E-state index contributed by atoms with van der Waals surface area (Å²) in [7, 11) is 0. The van der Waals surface area contributed by atoms with Crippen molar-refractivity contribution in [3.8, 4) is 11.5 Å². The fourth-order valence-electron chi connectivity index (χ4n) is 1.20. The van der Waals surface area contributed by atoms with Crippen molar-refractivity contribution < 1.29 is 0 Å². The molecule has 0 aliphatic rings. The second kappa shape index (κ2) is 3.74. The van der Waals surface area contributed by atoms with Crippen LogP contribution in [0.3, 0.4) is 0 Å². The molecule has 0 radical (unpaired) electrons. The highest BCUT2D eigenvalue weighted by Gasteiger charge is 2.02. The van der Waals surface area contributed by atoms with E-state index >= 15 is 0 Å². The summed E-state index contributed by atoms with van der Waals surface area (Å²) in [5, 5.41) is 0. The van der Waals surface area contributed by atoms with Gasteiger partial charge in [-0.05, 0) is 31.3 Å². The summed E-state index contributed by atoms with van der Waals surface area (Å²) in [4.78, 5) is 15.0. The van der Waals surface area contributed by atoms with E-state index in [1.54, 1.807) is 0 Å². The minimum Gasteiger partial charge on any atom is -0.369 e. The molecule has 5 nitrogen and oxygen atoms in total. The van der Waals surface area contributed by atoms with Crippen LogP contribution in [-0.4, -0.2) is 19.9 Å². The quantitative estimate of drug-likeness (QED) is 0.710. The second-order valence-corrected chi connectivity index (χ2v) is 3.39. The van der Waals surface area contributed by atoms with Crippen LogP contribution >= 0.6 is 12.2 Å². The summed E-state index contributed by atoms with van der Waals surface area (Å²) in [5.41, 5.74) is 7.14. The lowest BCUT2D eigenvalue weighted by atomic mass is 10.3. The Morgan fingerprint density at radius 3 is 2.73 bits per heavy atom. The standard InChI is InChI=1S/C9H9N5S/c1-5-3-2-4-6(11-5)7-12-8(10)14-9(15)13-7/h2-4H,1H3,(H3,10,12,13,14,15). The Bertz CT molecular complexity index is 548. The Hall–Kier alpha value is -1.82. The van der Waals surface area contributed by atoms with Crippen LogP contribution in [0.25, 0.3) is 11.5 Å². The third-order valence-corrected chi connectivity index (χ3v) is 1.98. The average molecular weight is 219 g/mol. The lowest BCUT2D eigenvalue weighted by Crippen LogP contribution is -2.01. The topological polar surface area (TPSA) is 80.5 Å². The zero-order chi connectivity index (χ0) is 10.8. The van der Waals surface area contributed by atoms with E-state index in [0.29, 0.717) is 11.5 Å². The zero-order valence-electron chi connectivity index (χ0n) is 8.06. The summed E-state index contributed by atoms with van der Waals surface area (Å²) in [6, 6.07) is 5.63. The van der Waals surface area contributed by atoms with E-state index in [0.717, 1.165) is 5.69 Å². The average Bonchev–Trinajstić information content (AvgIpc) is 2.16. The lowest BCUT2D eigenvalue weighted by molar-refractivity contribution is 1.03. The maximum atomic E-state index is 5.53. The summed E-state index contributed by atoms with van der Waals surface area (Å²) in [6.45, 7) is 1.91. The molecule has 0 amide bonds. The molecule has 2 aromatic rings. The predicted molar refractivity (Wildman–Crippen MR) is 59.6 cm³/mol. The number of hydrogen-bond acceptors (Lipinski definition) is 5. The summed E-state index contributed by atoms with van der Waals surface area (Å²) < 4.78 is 0.213. The molecule has 2 aromatic heterocycles. The van der Waals surface area contributed by atoms with Crippen molar-refractivity contribution in [3.05, 3.63) is 28.7 Å². The molecule has 6 heteroatoms. The minimum atomic E-state index is 0.213. The molecule has 15 heavy (non-hydrogen) atoms. The third-order valence-electron chi connectivity index (χ3n) is 1.80. The molecule has 0 bridgehead atoms. The van der Waals surface area contributed by atoms with Gasteiger partial charge in [-0.15, -0.1) is 0 Å². The Labute approximate surface area is 91.4 Å². The number of nitrogen functional groups attached to an aromatic ring is 1. The van der Waals surface area contributed by atoms with Gasteiger partial charge in [-0.2, -0.15) is 9.97 Å². The van der Waals surface area contributed by atoms with Crippen molar-refractivity contribution in [1.82, 2.24) is 19.9 Å². The Morgan fingerprint density at radius 1 is 1.27 bits per heavy atom. The first-order valence-corrected chi connectivity index (χ1v) is 4.74. The molecular weight excluding hydrogens is 210 g/mol. The Balaban J connectivity index is 2.59. The van der Waals surface area contributed by atoms with Crippen LogP contribution in [0.2, 0.25) is 0 Å². The number of H-pyrrole nitrogens is 1. The van der Waals surface area contributed by atoms with Gasteiger partial charge in [0.15, 0.2) is 5.82 Å². The van der Waals surface area contributed by atoms with Crippen molar-refractivity contribution >= 4 is 18.2 Å². The van der Waals surface area contributed by atoms with Crippen molar-refractivity contribution in [2.75, 3.05) is 5.73 Å². The number of aromatic nitrogens is 4. The van der Waals surface area contributed by atoms with Crippen LogP contribution in [0.4, 0.5) is 5.95 Å². The smallest absolute Gasteiger partial charge is 0.224 e. The van der Waals surface area contributed by atoms with Gasteiger partial charge in [-0.25, -0.2) is 4.98 Å². The molecule has 0 aromatic carbocycles. The number of pyridine rings is 1. The second-order valence-electron chi connectivity index (χ2n) is 3.03. The van der Waals surface area contributed by atoms with E-state index in [1.807, 2.05) is 25.1 Å². The van der Waals surface area contributed by atoms with Crippen molar-refractivity contribution in [2.45, 2.75) is 6.92 Å². The maximum absolute atomic E-state index is 5.53. The van der Waals surface area contributed by atoms with E-state index in [2.05, 4.69) is 19.9 Å². The molecule has 2 heterocycles. The first kappa shape index (κ1) is 9.72. The number of nitrogens with zero attached hydrogens (tertiary/aromatic N) is 3. The Kier molecular flexibility index (Phi) is 2.42. The summed E-state index contributed by atoms with van der Waals surface area (Å²) >= 11 is 4.87. The van der Waals surface area contributed by atoms with Gasteiger partial charge in [0.1, 0.15) is 5.69 Å². The van der Waals surface area contributed by atoms with E-state index < -0.39 is 0 Å². The Morgan fingerprint density at radius 2 is 2.07 bits per heavy atom. The van der Waals surface area contributed by atoms with Crippen LogP contribution in [-0.2, 0) is 0 Å². The monoisotopic (exact) mass is 219 g/mol. The van der Waals surface area contributed by atoms with Crippen LogP contribution in [0.1, 0.15) is 5.69 Å². The number of nitrogens with two attached hydrogens (primary N) is 1. The lowest BCUT2D eigenvalue weighted by Gasteiger charge is -2.01. The van der Waals surface area contributed by atoms with Crippen molar-refractivity contribution in [2.24, 2.45) is 0 Å². The van der Waals surface area contributed by atoms with E-state index in [-0.39, 0.29) is 10.7 Å². The molecule has 0 spiro atoms. The molecular formula is C9H9N5S. The van der Waals surface area contributed by atoms with Gasteiger partial charge < -0.3 is 10.7 Å². The van der Waals surface area contributed by atoms with Crippen LogP contribution in [0.5, 0.6) is 0 Å². The number of aryl methyl sites for hydroxylation is 1. The fraction of sp³-hybridized carbons (Fsp3) is 0.111. The predicted octanol–water partition coefficient (Wildman–Crippen LogP) is 1.49. The number of anilines is 1. The highest BCUT2D eigenvalue weighted by molar-refractivity contribution is 7.71. The van der Waals surface area contributed by atoms with Gasteiger partial charge in [-0.3, -0.25) is 0 Å². The fourth-order valence-corrected chi connectivity index (χ4v) is 1.39. The number of nitrogens with one attached hydrogen (secondary N) is 1. The molecule has 0 saturated carbocycles. The first-order valence-electron chi connectivity index (χ1n) is 4.33. The van der Waals surface area contributed by atoms with Gasteiger partial charge in [0.2, 0.25) is 10.7 Å². The van der Waals surface area contributed by atoms with E-state index in [1.165, 1.54) is 0 Å². The number of aromatic amines is 1. The van der Waals surface area contributed by atoms with Crippen molar-refractivity contribution in [3.63, 3.8) is 0 Å². The van der Waals surface area contributed by atoms with Crippen molar-refractivity contribution in [1.29, 1.82) is 0 Å². The van der Waals surface area contributed by atoms with Crippen LogP contribution in [0, 0.1) is 11.7 Å². The molecule has 0 atom stereocenters. The van der Waals surface area contributed by atoms with Gasteiger partial charge in [0.25, 0.3) is 0 Å². The van der Waals surface area contributed by atoms with Gasteiger partial charge in [-0.1, -0.05) is 6.07 Å². The summed E-state index contributed by atoms with van der Waals surface area (Å²) in [6.07, 6.45) is 0. The van der Waals surface area contributed by atoms with E-state index in [9.17, 15) is 0 Å². The molecule has 0 aliphatic heterocycles. The van der Waals surface area contributed by atoms with Gasteiger partial charge >= 0.3 is 0 Å². The van der Waals surface area contributed by atoms with Crippen LogP contribution in [0.15, 0.2) is 18.2 Å². The highest BCUT2D eigenvalue weighted by atomic mass is 32.1. The van der Waals surface area contributed by atoms with Gasteiger partial charge in [0.05, 0.1) is 0 Å². The molecule has 76 valence electrons.